The molecule has 0 atom stereocenters. The number of benzene rings is 1. The highest BCUT2D eigenvalue weighted by Crippen LogP contribution is 2.40. The van der Waals surface area contributed by atoms with Gasteiger partial charge >= 0.3 is 0 Å². The highest BCUT2D eigenvalue weighted by Gasteiger charge is 2.29. The summed E-state index contributed by atoms with van der Waals surface area (Å²) < 4.78 is 18.8. The fourth-order valence-electron chi connectivity index (χ4n) is 3.00. The van der Waals surface area contributed by atoms with Crippen molar-refractivity contribution in [2.24, 2.45) is 0 Å². The second kappa shape index (κ2) is 7.16. The highest BCUT2D eigenvalue weighted by atomic mass is 35.5. The van der Waals surface area contributed by atoms with E-state index in [0.29, 0.717) is 23.0 Å². The molecule has 3 heterocycles. The molecule has 1 N–H and O–H groups in total. The summed E-state index contributed by atoms with van der Waals surface area (Å²) in [6.07, 6.45) is 3.88. The Hall–Kier alpha value is -3.06. The Kier molecular flexibility index (Phi) is 4.68. The third-order valence-electron chi connectivity index (χ3n) is 4.60. The summed E-state index contributed by atoms with van der Waals surface area (Å²) in [6.45, 7) is 1.92. The van der Waals surface area contributed by atoms with Gasteiger partial charge in [-0.1, -0.05) is 5.16 Å². The van der Waals surface area contributed by atoms with Crippen LogP contribution in [0, 0.1) is 12.7 Å². The van der Waals surface area contributed by atoms with E-state index < -0.39 is 0 Å². The highest BCUT2D eigenvalue weighted by molar-refractivity contribution is 5.98. The van der Waals surface area contributed by atoms with Crippen molar-refractivity contribution in [1.29, 1.82) is 0 Å². The van der Waals surface area contributed by atoms with Gasteiger partial charge in [0, 0.05) is 28.9 Å². The van der Waals surface area contributed by atoms with Gasteiger partial charge in [-0.3, -0.25) is 0 Å². The lowest BCUT2D eigenvalue weighted by Crippen LogP contribution is -1.98. The van der Waals surface area contributed by atoms with E-state index in [1.807, 2.05) is 19.1 Å². The van der Waals surface area contributed by atoms with Crippen LogP contribution in [0.25, 0.3) is 22.5 Å². The molecule has 3 aromatic heterocycles. The monoisotopic (exact) mass is 397 g/mol. The van der Waals surface area contributed by atoms with Crippen LogP contribution in [-0.2, 0) is 0 Å². The number of hydrogen-bond acceptors (Lipinski definition) is 6. The van der Waals surface area contributed by atoms with Crippen molar-refractivity contribution in [2.75, 3.05) is 5.32 Å². The van der Waals surface area contributed by atoms with Crippen molar-refractivity contribution in [3.05, 3.63) is 59.9 Å². The number of rotatable bonds is 4. The Balaban J connectivity index is 0.00000192. The van der Waals surface area contributed by atoms with E-state index in [9.17, 15) is 4.39 Å². The lowest BCUT2D eigenvalue weighted by molar-refractivity contribution is 0.423. The van der Waals surface area contributed by atoms with Crippen LogP contribution in [0.3, 0.4) is 0 Å². The summed E-state index contributed by atoms with van der Waals surface area (Å²) in [5.41, 5.74) is 3.68. The summed E-state index contributed by atoms with van der Waals surface area (Å²) in [7, 11) is 0. The number of anilines is 2. The molecular formula is C20H17ClFN5O. The lowest BCUT2D eigenvalue weighted by atomic mass is 10.1. The third-order valence-corrected chi connectivity index (χ3v) is 4.60. The predicted octanol–water partition coefficient (Wildman–Crippen LogP) is 5.17. The molecule has 4 aromatic rings. The first kappa shape index (κ1) is 18.3. The normalized spacial score (nSPS) is 13.4. The van der Waals surface area contributed by atoms with Gasteiger partial charge in [0.15, 0.2) is 11.5 Å². The van der Waals surface area contributed by atoms with Gasteiger partial charge in [0.25, 0.3) is 5.89 Å². The lowest BCUT2D eigenvalue weighted by Gasteiger charge is -2.13. The zero-order valence-electron chi connectivity index (χ0n) is 15.0. The first-order chi connectivity index (χ1) is 13.2. The minimum Gasteiger partial charge on any atom is -0.354 e. The predicted molar refractivity (Wildman–Crippen MR) is 106 cm³/mol. The molecule has 0 aliphatic heterocycles. The first-order valence-corrected chi connectivity index (χ1v) is 8.80. The van der Waals surface area contributed by atoms with Gasteiger partial charge in [-0.05, 0) is 56.2 Å². The average Bonchev–Trinajstić information content (AvgIpc) is 3.41. The van der Waals surface area contributed by atoms with E-state index in [2.05, 4.69) is 25.4 Å². The van der Waals surface area contributed by atoms with Gasteiger partial charge < -0.3 is 9.84 Å². The van der Waals surface area contributed by atoms with Gasteiger partial charge in [0.05, 0.1) is 11.3 Å². The van der Waals surface area contributed by atoms with Gasteiger partial charge in [0.2, 0.25) is 0 Å². The van der Waals surface area contributed by atoms with E-state index in [-0.39, 0.29) is 18.2 Å². The van der Waals surface area contributed by atoms with Crippen LogP contribution < -0.4 is 5.32 Å². The molecule has 6 nitrogen and oxygen atoms in total. The molecule has 1 aliphatic carbocycles. The van der Waals surface area contributed by atoms with Crippen LogP contribution in [0.15, 0.2) is 47.1 Å². The molecule has 0 unspecified atom stereocenters. The van der Waals surface area contributed by atoms with Crippen LogP contribution >= 0.6 is 12.4 Å². The molecule has 8 heteroatoms. The molecule has 5 rings (SSSR count). The molecule has 142 valence electrons. The molecular weight excluding hydrogens is 381 g/mol. The molecule has 1 aromatic carbocycles. The number of hydrogen-bond donors (Lipinski definition) is 1. The molecule has 1 fully saturated rings. The zero-order valence-corrected chi connectivity index (χ0v) is 15.8. The van der Waals surface area contributed by atoms with Gasteiger partial charge in [0.1, 0.15) is 5.82 Å². The van der Waals surface area contributed by atoms with Crippen molar-refractivity contribution in [1.82, 2.24) is 20.1 Å². The van der Waals surface area contributed by atoms with Crippen LogP contribution in [0.2, 0.25) is 0 Å². The van der Waals surface area contributed by atoms with Crippen molar-refractivity contribution in [3.63, 3.8) is 0 Å². The maximum absolute atomic E-state index is 13.3. The molecule has 28 heavy (non-hydrogen) atoms. The van der Waals surface area contributed by atoms with E-state index >= 15 is 0 Å². The van der Waals surface area contributed by atoms with Crippen LogP contribution in [0.5, 0.6) is 0 Å². The molecule has 1 saturated carbocycles. The Morgan fingerprint density at radius 3 is 2.61 bits per heavy atom. The molecule has 0 saturated heterocycles. The van der Waals surface area contributed by atoms with Crippen molar-refractivity contribution < 1.29 is 8.91 Å². The summed E-state index contributed by atoms with van der Waals surface area (Å²) in [4.78, 5) is 13.5. The first-order valence-electron chi connectivity index (χ1n) is 8.80. The Labute approximate surface area is 166 Å². The van der Waals surface area contributed by atoms with Crippen LogP contribution in [0.4, 0.5) is 15.8 Å². The zero-order chi connectivity index (χ0) is 18.4. The third kappa shape index (κ3) is 3.41. The Morgan fingerprint density at radius 2 is 1.86 bits per heavy atom. The largest absolute Gasteiger partial charge is 0.354 e. The Bertz CT molecular complexity index is 1140. The molecule has 0 radical (unpaired) electrons. The van der Waals surface area contributed by atoms with E-state index in [4.69, 9.17) is 4.52 Å². The standard InChI is InChI=1S/C20H16FN5O.ClH/c1-11-2-9-15-17(24-14-7-5-13(21)6-8-14)16(10-22-19(15)23-11)20-25-18(26-27-20)12-3-4-12;/h2,5-10,12H,3-4H2,1H3,(H,22,23,24);1H. The summed E-state index contributed by atoms with van der Waals surface area (Å²) in [5, 5.41) is 8.27. The van der Waals surface area contributed by atoms with E-state index in [1.54, 1.807) is 18.3 Å². The van der Waals surface area contributed by atoms with Crippen molar-refractivity contribution in [3.8, 4) is 11.5 Å². The quantitative estimate of drug-likeness (QED) is 0.512. The minimum absolute atomic E-state index is 0. The van der Waals surface area contributed by atoms with Crippen molar-refractivity contribution >= 4 is 34.8 Å². The van der Waals surface area contributed by atoms with Crippen LogP contribution in [-0.4, -0.2) is 20.1 Å². The van der Waals surface area contributed by atoms with E-state index in [0.717, 1.165) is 41.1 Å². The maximum Gasteiger partial charge on any atom is 0.261 e. The second-order valence-electron chi connectivity index (χ2n) is 6.73. The Morgan fingerprint density at radius 1 is 1.07 bits per heavy atom. The summed E-state index contributed by atoms with van der Waals surface area (Å²) in [6, 6.07) is 10.1. The molecule has 0 amide bonds. The van der Waals surface area contributed by atoms with Gasteiger partial charge in [-0.15, -0.1) is 12.4 Å². The van der Waals surface area contributed by atoms with Crippen molar-refractivity contribution in [2.45, 2.75) is 25.7 Å². The average molecular weight is 398 g/mol. The fourth-order valence-corrected chi connectivity index (χ4v) is 3.00. The number of fused-ring (bicyclic) bond motifs is 1. The van der Waals surface area contributed by atoms with Gasteiger partial charge in [-0.2, -0.15) is 4.98 Å². The molecule has 0 spiro atoms. The minimum atomic E-state index is -0.288. The summed E-state index contributed by atoms with van der Waals surface area (Å²) in [5.74, 6) is 1.26. The number of halogens is 2. The molecule has 1 aliphatic rings. The number of pyridine rings is 2. The number of nitrogens with one attached hydrogen (secondary N) is 1. The number of aryl methyl sites for hydroxylation is 1. The fraction of sp³-hybridized carbons (Fsp3) is 0.200. The maximum atomic E-state index is 13.3. The van der Waals surface area contributed by atoms with E-state index in [1.165, 1.54) is 12.1 Å². The topological polar surface area (TPSA) is 76.7 Å². The van der Waals surface area contributed by atoms with Crippen LogP contribution in [0.1, 0.15) is 30.3 Å². The number of nitrogens with zero attached hydrogens (tertiary/aromatic N) is 4. The summed E-state index contributed by atoms with van der Waals surface area (Å²) >= 11 is 0. The molecule has 0 bridgehead atoms. The smallest absolute Gasteiger partial charge is 0.261 e. The number of aromatic nitrogens is 4. The van der Waals surface area contributed by atoms with Gasteiger partial charge in [-0.25, -0.2) is 14.4 Å². The second-order valence-corrected chi connectivity index (χ2v) is 6.73. The SMILES string of the molecule is Cc1ccc2c(Nc3ccc(F)cc3)c(-c3nc(C4CC4)no3)cnc2n1.Cl.